The Morgan fingerprint density at radius 1 is 1.17 bits per heavy atom. The molecule has 0 saturated carbocycles. The van der Waals surface area contributed by atoms with Crippen LogP contribution in [-0.4, -0.2) is 19.5 Å². The van der Waals surface area contributed by atoms with Crippen LogP contribution in [0.2, 0.25) is 10.3 Å². The van der Waals surface area contributed by atoms with Gasteiger partial charge in [0, 0.05) is 12.6 Å². The third-order valence-electron chi connectivity index (χ3n) is 2.71. The molecule has 0 saturated heterocycles. The Hall–Kier alpha value is -1.65. The Morgan fingerprint density at radius 2 is 2.00 bits per heavy atom. The van der Waals surface area contributed by atoms with E-state index in [1.165, 1.54) is 6.20 Å². The van der Waals surface area contributed by atoms with Crippen LogP contribution in [0.3, 0.4) is 0 Å². The number of imidazole rings is 1. The van der Waals surface area contributed by atoms with Crippen molar-refractivity contribution in [2.75, 3.05) is 0 Å². The molecule has 3 aromatic rings. The quantitative estimate of drug-likeness (QED) is 0.642. The van der Waals surface area contributed by atoms with E-state index in [9.17, 15) is 0 Å². The lowest BCUT2D eigenvalue weighted by atomic mass is 10.1. The molecule has 2 heterocycles. The van der Waals surface area contributed by atoms with Crippen LogP contribution in [0.15, 0.2) is 30.7 Å². The maximum Gasteiger partial charge on any atom is 0.222 e. The van der Waals surface area contributed by atoms with Crippen LogP contribution in [0.25, 0.3) is 22.3 Å². The number of halogens is 2. The summed E-state index contributed by atoms with van der Waals surface area (Å²) in [5, 5.41) is 0.653. The second kappa shape index (κ2) is 4.23. The second-order valence-corrected chi connectivity index (χ2v) is 4.64. The number of hydrogen-bond acceptors (Lipinski definition) is 3. The van der Waals surface area contributed by atoms with Crippen molar-refractivity contribution in [2.24, 2.45) is 7.05 Å². The average Bonchev–Trinajstić information content (AvgIpc) is 2.74. The number of hydrogen-bond donors (Lipinski definition) is 0. The lowest BCUT2D eigenvalue weighted by Gasteiger charge is -2.04. The van der Waals surface area contributed by atoms with Crippen molar-refractivity contribution >= 4 is 34.2 Å². The minimum atomic E-state index is 0.180. The molecule has 3 rings (SSSR count). The van der Waals surface area contributed by atoms with E-state index in [4.69, 9.17) is 23.2 Å². The summed E-state index contributed by atoms with van der Waals surface area (Å²) in [6, 6.07) is 5.82. The molecular formula is C12H8Cl2N4. The minimum Gasteiger partial charge on any atom is -0.334 e. The maximum absolute atomic E-state index is 6.09. The Labute approximate surface area is 113 Å². The number of aromatic nitrogens is 4. The first-order chi connectivity index (χ1) is 8.65. The van der Waals surface area contributed by atoms with E-state index in [1.807, 2.05) is 29.8 Å². The topological polar surface area (TPSA) is 43.6 Å². The Balaban J connectivity index is 2.24. The van der Waals surface area contributed by atoms with Gasteiger partial charge in [0.1, 0.15) is 0 Å². The van der Waals surface area contributed by atoms with Crippen LogP contribution < -0.4 is 0 Å². The summed E-state index contributed by atoms with van der Waals surface area (Å²) < 4.78 is 1.94. The van der Waals surface area contributed by atoms with Crippen LogP contribution in [0, 0.1) is 0 Å². The Kier molecular flexibility index (Phi) is 2.69. The first kappa shape index (κ1) is 11.4. The molecule has 0 atom stereocenters. The normalized spacial score (nSPS) is 11.1. The molecule has 2 aromatic heterocycles. The highest BCUT2D eigenvalue weighted by Gasteiger charge is 2.09. The molecule has 0 unspecified atom stereocenters. The lowest BCUT2D eigenvalue weighted by Crippen LogP contribution is -1.90. The van der Waals surface area contributed by atoms with Crippen molar-refractivity contribution in [3.63, 3.8) is 0 Å². The summed E-state index contributed by atoms with van der Waals surface area (Å²) in [6.07, 6.45) is 3.27. The summed E-state index contributed by atoms with van der Waals surface area (Å²) in [7, 11) is 1.94. The molecule has 0 fully saturated rings. The van der Waals surface area contributed by atoms with E-state index in [0.717, 1.165) is 16.6 Å². The molecule has 0 aliphatic heterocycles. The molecular weight excluding hydrogens is 271 g/mol. The van der Waals surface area contributed by atoms with Crippen molar-refractivity contribution in [2.45, 2.75) is 0 Å². The molecule has 0 radical (unpaired) electrons. The van der Waals surface area contributed by atoms with Gasteiger partial charge in [-0.15, -0.1) is 0 Å². The molecule has 4 nitrogen and oxygen atoms in total. The predicted octanol–water partition coefficient (Wildman–Crippen LogP) is 3.34. The third-order valence-corrected chi connectivity index (χ3v) is 3.17. The van der Waals surface area contributed by atoms with E-state index in [2.05, 4.69) is 15.0 Å². The van der Waals surface area contributed by atoms with Crippen LogP contribution in [0.4, 0.5) is 0 Å². The molecule has 0 amide bonds. The van der Waals surface area contributed by atoms with E-state index < -0.39 is 0 Å². The van der Waals surface area contributed by atoms with Gasteiger partial charge in [-0.3, -0.25) is 0 Å². The fourth-order valence-corrected chi connectivity index (χ4v) is 2.15. The molecule has 0 bridgehead atoms. The molecule has 0 aliphatic rings. The van der Waals surface area contributed by atoms with Crippen molar-refractivity contribution in [3.8, 4) is 11.3 Å². The molecule has 1 aromatic carbocycles. The van der Waals surface area contributed by atoms with Gasteiger partial charge in [-0.25, -0.2) is 15.0 Å². The molecule has 18 heavy (non-hydrogen) atoms. The van der Waals surface area contributed by atoms with Gasteiger partial charge in [-0.1, -0.05) is 17.7 Å². The van der Waals surface area contributed by atoms with Gasteiger partial charge < -0.3 is 4.57 Å². The van der Waals surface area contributed by atoms with Gasteiger partial charge in [0.2, 0.25) is 5.28 Å². The fourth-order valence-electron chi connectivity index (χ4n) is 1.82. The fraction of sp³-hybridized carbons (Fsp3) is 0.0833. The Morgan fingerprint density at radius 3 is 2.83 bits per heavy atom. The summed E-state index contributed by atoms with van der Waals surface area (Å²) in [5.41, 5.74) is 3.45. The molecule has 0 N–H and O–H groups in total. The van der Waals surface area contributed by atoms with E-state index in [1.54, 1.807) is 6.33 Å². The van der Waals surface area contributed by atoms with Gasteiger partial charge >= 0.3 is 0 Å². The molecule has 0 aliphatic carbocycles. The lowest BCUT2D eigenvalue weighted by molar-refractivity contribution is 0.948. The number of benzene rings is 1. The van der Waals surface area contributed by atoms with Gasteiger partial charge in [0.05, 0.1) is 34.3 Å². The standard InChI is InChI=1S/C12H8Cl2N4/c1-18-6-16-9-3-2-7(4-10(9)18)11-8(13)5-15-12(14)17-11/h2-6H,1H3. The summed E-state index contributed by atoms with van der Waals surface area (Å²) in [5.74, 6) is 0. The first-order valence-corrected chi connectivity index (χ1v) is 6.00. The van der Waals surface area contributed by atoms with Crippen molar-refractivity contribution in [1.29, 1.82) is 0 Å². The van der Waals surface area contributed by atoms with Crippen molar-refractivity contribution in [1.82, 2.24) is 19.5 Å². The summed E-state index contributed by atoms with van der Waals surface area (Å²) >= 11 is 11.9. The van der Waals surface area contributed by atoms with Crippen LogP contribution in [-0.2, 0) is 7.05 Å². The first-order valence-electron chi connectivity index (χ1n) is 5.24. The zero-order valence-electron chi connectivity index (χ0n) is 9.43. The number of nitrogens with zero attached hydrogens (tertiary/aromatic N) is 4. The van der Waals surface area contributed by atoms with Crippen LogP contribution >= 0.6 is 23.2 Å². The van der Waals surface area contributed by atoms with Crippen molar-refractivity contribution < 1.29 is 0 Å². The highest BCUT2D eigenvalue weighted by molar-refractivity contribution is 6.33. The second-order valence-electron chi connectivity index (χ2n) is 3.89. The zero-order valence-corrected chi connectivity index (χ0v) is 10.9. The third kappa shape index (κ3) is 1.83. The van der Waals surface area contributed by atoms with Gasteiger partial charge in [0.25, 0.3) is 0 Å². The number of aryl methyl sites for hydroxylation is 1. The highest BCUT2D eigenvalue weighted by atomic mass is 35.5. The highest BCUT2D eigenvalue weighted by Crippen LogP contribution is 2.28. The van der Waals surface area contributed by atoms with Gasteiger partial charge in [-0.05, 0) is 23.7 Å². The summed E-state index contributed by atoms with van der Waals surface area (Å²) in [6.45, 7) is 0. The molecule has 6 heteroatoms. The minimum absolute atomic E-state index is 0.180. The smallest absolute Gasteiger partial charge is 0.222 e. The predicted molar refractivity (Wildman–Crippen MR) is 71.8 cm³/mol. The van der Waals surface area contributed by atoms with Crippen molar-refractivity contribution in [3.05, 3.63) is 41.0 Å². The van der Waals surface area contributed by atoms with Crippen LogP contribution in [0.5, 0.6) is 0 Å². The monoisotopic (exact) mass is 278 g/mol. The van der Waals surface area contributed by atoms with E-state index >= 15 is 0 Å². The molecule has 90 valence electrons. The zero-order chi connectivity index (χ0) is 12.7. The van der Waals surface area contributed by atoms with E-state index in [0.29, 0.717) is 10.7 Å². The van der Waals surface area contributed by atoms with E-state index in [-0.39, 0.29) is 5.28 Å². The molecule has 0 spiro atoms. The van der Waals surface area contributed by atoms with Gasteiger partial charge in [0.15, 0.2) is 0 Å². The SMILES string of the molecule is Cn1cnc2ccc(-c3nc(Cl)ncc3Cl)cc21. The Bertz CT molecular complexity index is 736. The average molecular weight is 279 g/mol. The summed E-state index contributed by atoms with van der Waals surface area (Å²) in [4.78, 5) is 12.3. The maximum atomic E-state index is 6.09. The van der Waals surface area contributed by atoms with Gasteiger partial charge in [-0.2, -0.15) is 0 Å². The number of fused-ring (bicyclic) bond motifs is 1. The largest absolute Gasteiger partial charge is 0.334 e. The van der Waals surface area contributed by atoms with Crippen LogP contribution in [0.1, 0.15) is 0 Å². The number of rotatable bonds is 1.